The van der Waals surface area contributed by atoms with Gasteiger partial charge >= 0.3 is 5.97 Å². The summed E-state index contributed by atoms with van der Waals surface area (Å²) in [6.07, 6.45) is 0. The first-order valence-electron chi connectivity index (χ1n) is 5.31. The number of esters is 1. The third kappa shape index (κ3) is 2.02. The summed E-state index contributed by atoms with van der Waals surface area (Å²) in [5.41, 5.74) is 1.60. The summed E-state index contributed by atoms with van der Waals surface area (Å²) in [4.78, 5) is 11.4. The molecule has 0 spiro atoms. The fourth-order valence-corrected chi connectivity index (χ4v) is 1.81. The number of fused-ring (bicyclic) bond motifs is 1. The van der Waals surface area contributed by atoms with Crippen molar-refractivity contribution in [1.82, 2.24) is 5.32 Å². The van der Waals surface area contributed by atoms with Crippen molar-refractivity contribution in [3.8, 4) is 5.75 Å². The minimum Gasteiger partial charge on any atom is -0.492 e. The molecule has 1 aliphatic heterocycles. The van der Waals surface area contributed by atoms with Gasteiger partial charge < -0.3 is 14.8 Å². The Morgan fingerprint density at radius 1 is 1.56 bits per heavy atom. The molecule has 1 unspecified atom stereocenters. The number of methoxy groups -OCH3 is 1. The Bertz CT molecular complexity index is 403. The predicted octanol–water partition coefficient (Wildman–Crippen LogP) is 1.52. The number of carbonyl (C=O) groups is 1. The highest BCUT2D eigenvalue weighted by Gasteiger charge is 2.17. The van der Waals surface area contributed by atoms with Crippen LogP contribution in [0.15, 0.2) is 18.2 Å². The van der Waals surface area contributed by atoms with Gasteiger partial charge in [-0.3, -0.25) is 0 Å². The molecule has 1 atom stereocenters. The van der Waals surface area contributed by atoms with Crippen molar-refractivity contribution in [2.45, 2.75) is 13.0 Å². The molecule has 0 bridgehead atoms. The van der Waals surface area contributed by atoms with Crippen molar-refractivity contribution < 1.29 is 14.3 Å². The topological polar surface area (TPSA) is 47.6 Å². The van der Waals surface area contributed by atoms with Crippen LogP contribution in [0.2, 0.25) is 0 Å². The van der Waals surface area contributed by atoms with E-state index in [0.717, 1.165) is 17.9 Å². The summed E-state index contributed by atoms with van der Waals surface area (Å²) in [5, 5.41) is 3.32. The molecular formula is C12H15NO3. The third-order valence-corrected chi connectivity index (χ3v) is 2.71. The van der Waals surface area contributed by atoms with Crippen LogP contribution in [-0.4, -0.2) is 26.2 Å². The highest BCUT2D eigenvalue weighted by atomic mass is 16.5. The quantitative estimate of drug-likeness (QED) is 0.730. The molecule has 0 aliphatic carbocycles. The highest BCUT2D eigenvalue weighted by Crippen LogP contribution is 2.28. The molecule has 0 aromatic heterocycles. The van der Waals surface area contributed by atoms with E-state index in [1.54, 1.807) is 12.1 Å². The second-order valence-electron chi connectivity index (χ2n) is 3.77. The number of carbonyl (C=O) groups excluding carboxylic acids is 1. The van der Waals surface area contributed by atoms with Crippen LogP contribution >= 0.6 is 0 Å². The van der Waals surface area contributed by atoms with E-state index in [9.17, 15) is 4.79 Å². The van der Waals surface area contributed by atoms with Gasteiger partial charge in [-0.2, -0.15) is 0 Å². The minimum absolute atomic E-state index is 0.240. The third-order valence-electron chi connectivity index (χ3n) is 2.71. The molecule has 4 nitrogen and oxygen atoms in total. The summed E-state index contributed by atoms with van der Waals surface area (Å²) in [6, 6.07) is 5.65. The van der Waals surface area contributed by atoms with Crippen LogP contribution in [0.5, 0.6) is 5.75 Å². The van der Waals surface area contributed by atoms with Gasteiger partial charge in [-0.25, -0.2) is 4.79 Å². The molecule has 1 N–H and O–H groups in total. The summed E-state index contributed by atoms with van der Waals surface area (Å²) in [6.45, 7) is 3.50. The van der Waals surface area contributed by atoms with E-state index in [0.29, 0.717) is 12.2 Å². The molecule has 1 aromatic carbocycles. The number of benzene rings is 1. The van der Waals surface area contributed by atoms with E-state index in [-0.39, 0.29) is 12.0 Å². The molecule has 0 radical (unpaired) electrons. The summed E-state index contributed by atoms with van der Waals surface area (Å²) in [7, 11) is 1.37. The zero-order chi connectivity index (χ0) is 11.5. The molecule has 16 heavy (non-hydrogen) atoms. The molecule has 0 fully saturated rings. The Morgan fingerprint density at radius 2 is 2.38 bits per heavy atom. The van der Waals surface area contributed by atoms with Gasteiger partial charge in [0.15, 0.2) is 0 Å². The summed E-state index contributed by atoms with van der Waals surface area (Å²) >= 11 is 0. The van der Waals surface area contributed by atoms with Crippen molar-refractivity contribution in [1.29, 1.82) is 0 Å². The molecule has 86 valence electrons. The largest absolute Gasteiger partial charge is 0.492 e. The lowest BCUT2D eigenvalue weighted by molar-refractivity contribution is 0.0600. The van der Waals surface area contributed by atoms with E-state index in [1.165, 1.54) is 7.11 Å². The van der Waals surface area contributed by atoms with Crippen LogP contribution in [0, 0.1) is 0 Å². The van der Waals surface area contributed by atoms with Crippen molar-refractivity contribution in [3.63, 3.8) is 0 Å². The lowest BCUT2D eigenvalue weighted by Gasteiger charge is -2.12. The number of hydrogen-bond donors (Lipinski definition) is 1. The van der Waals surface area contributed by atoms with Crippen LogP contribution in [0.1, 0.15) is 28.9 Å². The maximum atomic E-state index is 11.4. The maximum absolute atomic E-state index is 11.4. The van der Waals surface area contributed by atoms with Gasteiger partial charge in [0.05, 0.1) is 12.7 Å². The number of nitrogens with one attached hydrogen (secondary N) is 1. The van der Waals surface area contributed by atoms with Gasteiger partial charge in [-0.05, 0) is 19.1 Å². The Hall–Kier alpha value is -1.55. The first kappa shape index (κ1) is 11.0. The second kappa shape index (κ2) is 4.53. The van der Waals surface area contributed by atoms with Crippen LogP contribution in [-0.2, 0) is 4.74 Å². The van der Waals surface area contributed by atoms with Gasteiger partial charge in [-0.1, -0.05) is 6.07 Å². The molecule has 1 aromatic rings. The van der Waals surface area contributed by atoms with E-state index in [4.69, 9.17) is 4.74 Å². The van der Waals surface area contributed by atoms with Crippen molar-refractivity contribution in [3.05, 3.63) is 29.3 Å². The molecular weight excluding hydrogens is 206 g/mol. The Balaban J connectivity index is 2.37. The zero-order valence-corrected chi connectivity index (χ0v) is 9.45. The van der Waals surface area contributed by atoms with Gasteiger partial charge in [0.1, 0.15) is 12.4 Å². The predicted molar refractivity (Wildman–Crippen MR) is 59.7 cm³/mol. The van der Waals surface area contributed by atoms with E-state index >= 15 is 0 Å². The first-order chi connectivity index (χ1) is 7.72. The number of rotatable bonds is 1. The minimum atomic E-state index is -0.337. The first-order valence-corrected chi connectivity index (χ1v) is 5.31. The SMILES string of the molecule is COC(=O)c1ccc2c(c1)OCCNC2C. The Labute approximate surface area is 94.6 Å². The monoisotopic (exact) mass is 221 g/mol. The Morgan fingerprint density at radius 3 is 3.12 bits per heavy atom. The number of hydrogen-bond acceptors (Lipinski definition) is 4. The van der Waals surface area contributed by atoms with E-state index < -0.39 is 0 Å². The maximum Gasteiger partial charge on any atom is 0.337 e. The van der Waals surface area contributed by atoms with E-state index in [2.05, 4.69) is 17.0 Å². The van der Waals surface area contributed by atoms with Crippen molar-refractivity contribution in [2.75, 3.05) is 20.3 Å². The van der Waals surface area contributed by atoms with Crippen LogP contribution in [0.4, 0.5) is 0 Å². The van der Waals surface area contributed by atoms with Crippen molar-refractivity contribution in [2.24, 2.45) is 0 Å². The van der Waals surface area contributed by atoms with Gasteiger partial charge in [0, 0.05) is 18.2 Å². The van der Waals surface area contributed by atoms with Gasteiger partial charge in [0.25, 0.3) is 0 Å². The summed E-state index contributed by atoms with van der Waals surface area (Å²) < 4.78 is 10.3. The Kier molecular flexibility index (Phi) is 3.10. The lowest BCUT2D eigenvalue weighted by atomic mass is 10.0. The molecule has 0 saturated heterocycles. The van der Waals surface area contributed by atoms with Crippen LogP contribution in [0.25, 0.3) is 0 Å². The zero-order valence-electron chi connectivity index (χ0n) is 9.45. The fraction of sp³-hybridized carbons (Fsp3) is 0.417. The average molecular weight is 221 g/mol. The molecule has 0 saturated carbocycles. The van der Waals surface area contributed by atoms with E-state index in [1.807, 2.05) is 6.07 Å². The van der Waals surface area contributed by atoms with Gasteiger partial charge in [-0.15, -0.1) is 0 Å². The molecule has 1 heterocycles. The molecule has 2 rings (SSSR count). The highest BCUT2D eigenvalue weighted by molar-refractivity contribution is 5.89. The molecule has 4 heteroatoms. The smallest absolute Gasteiger partial charge is 0.337 e. The molecule has 0 amide bonds. The van der Waals surface area contributed by atoms with Crippen LogP contribution in [0.3, 0.4) is 0 Å². The molecule has 1 aliphatic rings. The fourth-order valence-electron chi connectivity index (χ4n) is 1.81. The lowest BCUT2D eigenvalue weighted by Crippen LogP contribution is -2.20. The standard InChI is InChI=1S/C12H15NO3/c1-8-10-4-3-9(12(14)15-2)7-11(10)16-6-5-13-8/h3-4,7-8,13H,5-6H2,1-2H3. The number of ether oxygens (including phenoxy) is 2. The van der Waals surface area contributed by atoms with Crippen molar-refractivity contribution >= 4 is 5.97 Å². The normalized spacial score (nSPS) is 19.2. The average Bonchev–Trinajstić information content (AvgIpc) is 2.50. The van der Waals surface area contributed by atoms with Gasteiger partial charge in [0.2, 0.25) is 0 Å². The van der Waals surface area contributed by atoms with Crippen LogP contribution < -0.4 is 10.1 Å². The summed E-state index contributed by atoms with van der Waals surface area (Å²) in [5.74, 6) is 0.427. The second-order valence-corrected chi connectivity index (χ2v) is 3.77.